The standard InChI is InChI=1S/C13H25N3O/c1-3-14-12(15-9-11-5-6-11)16-10-13(2)7-4-8-17-13/h11H,3-10H2,1-2H3,(H2,14,15,16). The Bertz CT molecular complexity index is 268. The van der Waals surface area contributed by atoms with Crippen LogP contribution in [0.5, 0.6) is 0 Å². The summed E-state index contributed by atoms with van der Waals surface area (Å²) in [6, 6.07) is 0. The minimum Gasteiger partial charge on any atom is -0.373 e. The van der Waals surface area contributed by atoms with Crippen molar-refractivity contribution in [3.63, 3.8) is 0 Å². The first-order valence-corrected chi connectivity index (χ1v) is 6.88. The molecule has 4 heteroatoms. The summed E-state index contributed by atoms with van der Waals surface area (Å²) in [5.74, 6) is 1.81. The fourth-order valence-corrected chi connectivity index (χ4v) is 2.11. The van der Waals surface area contributed by atoms with Crippen LogP contribution in [0.4, 0.5) is 0 Å². The number of rotatable bonds is 5. The molecule has 0 bridgehead atoms. The van der Waals surface area contributed by atoms with Crippen LogP contribution < -0.4 is 10.6 Å². The molecular formula is C13H25N3O. The SMILES string of the molecule is CCNC(=NCC1(C)CCCO1)NCC1CC1. The Labute approximate surface area is 104 Å². The van der Waals surface area contributed by atoms with E-state index in [0.717, 1.165) is 51.0 Å². The summed E-state index contributed by atoms with van der Waals surface area (Å²) in [7, 11) is 0. The van der Waals surface area contributed by atoms with Crippen LogP contribution in [-0.4, -0.2) is 37.8 Å². The van der Waals surface area contributed by atoms with Gasteiger partial charge in [-0.3, -0.25) is 4.99 Å². The number of nitrogens with one attached hydrogen (secondary N) is 2. The predicted octanol–water partition coefficient (Wildman–Crippen LogP) is 1.52. The molecule has 2 rings (SSSR count). The van der Waals surface area contributed by atoms with Gasteiger partial charge >= 0.3 is 0 Å². The molecule has 1 saturated heterocycles. The average molecular weight is 239 g/mol. The molecule has 98 valence electrons. The summed E-state index contributed by atoms with van der Waals surface area (Å²) < 4.78 is 5.74. The van der Waals surface area contributed by atoms with Crippen LogP contribution in [0.2, 0.25) is 0 Å². The summed E-state index contributed by atoms with van der Waals surface area (Å²) in [4.78, 5) is 4.64. The zero-order valence-corrected chi connectivity index (χ0v) is 11.1. The molecule has 1 atom stereocenters. The quantitative estimate of drug-likeness (QED) is 0.565. The lowest BCUT2D eigenvalue weighted by Gasteiger charge is -2.21. The molecule has 1 saturated carbocycles. The van der Waals surface area contributed by atoms with E-state index in [9.17, 15) is 0 Å². The van der Waals surface area contributed by atoms with Gasteiger partial charge in [0.25, 0.3) is 0 Å². The minimum absolute atomic E-state index is 0.0397. The van der Waals surface area contributed by atoms with E-state index in [4.69, 9.17) is 4.74 Å². The first kappa shape index (κ1) is 12.7. The van der Waals surface area contributed by atoms with Gasteiger partial charge in [-0.1, -0.05) is 0 Å². The second kappa shape index (κ2) is 5.71. The molecule has 0 amide bonds. The molecule has 0 spiro atoms. The number of hydrogen-bond acceptors (Lipinski definition) is 2. The third-order valence-electron chi connectivity index (χ3n) is 3.47. The van der Waals surface area contributed by atoms with Crippen LogP contribution in [0, 0.1) is 5.92 Å². The van der Waals surface area contributed by atoms with Gasteiger partial charge < -0.3 is 15.4 Å². The molecule has 1 unspecified atom stereocenters. The van der Waals surface area contributed by atoms with Gasteiger partial charge in [-0.15, -0.1) is 0 Å². The highest BCUT2D eigenvalue weighted by Gasteiger charge is 2.29. The van der Waals surface area contributed by atoms with Gasteiger partial charge in [-0.05, 0) is 45.4 Å². The van der Waals surface area contributed by atoms with E-state index in [2.05, 4.69) is 29.5 Å². The van der Waals surface area contributed by atoms with E-state index in [1.54, 1.807) is 0 Å². The molecule has 17 heavy (non-hydrogen) atoms. The van der Waals surface area contributed by atoms with Crippen LogP contribution in [0.25, 0.3) is 0 Å². The van der Waals surface area contributed by atoms with Crippen LogP contribution in [0.3, 0.4) is 0 Å². The molecule has 2 N–H and O–H groups in total. The lowest BCUT2D eigenvalue weighted by Crippen LogP contribution is -2.40. The monoisotopic (exact) mass is 239 g/mol. The lowest BCUT2D eigenvalue weighted by molar-refractivity contribution is 0.0283. The van der Waals surface area contributed by atoms with Crippen molar-refractivity contribution >= 4 is 5.96 Å². The van der Waals surface area contributed by atoms with Gasteiger partial charge in [-0.25, -0.2) is 0 Å². The van der Waals surface area contributed by atoms with Gasteiger partial charge in [0.2, 0.25) is 0 Å². The fourth-order valence-electron chi connectivity index (χ4n) is 2.11. The van der Waals surface area contributed by atoms with Gasteiger partial charge in [0.05, 0.1) is 12.1 Å². The summed E-state index contributed by atoms with van der Waals surface area (Å²) in [6.45, 7) is 7.87. The molecular weight excluding hydrogens is 214 g/mol. The molecule has 4 nitrogen and oxygen atoms in total. The second-order valence-electron chi connectivity index (χ2n) is 5.42. The minimum atomic E-state index is -0.0397. The first-order chi connectivity index (χ1) is 8.22. The molecule has 2 aliphatic rings. The van der Waals surface area contributed by atoms with Gasteiger partial charge in [0.1, 0.15) is 0 Å². The fraction of sp³-hybridized carbons (Fsp3) is 0.923. The molecule has 0 radical (unpaired) electrons. The van der Waals surface area contributed by atoms with Gasteiger partial charge in [-0.2, -0.15) is 0 Å². The maximum Gasteiger partial charge on any atom is 0.191 e. The zero-order chi connectivity index (χ0) is 12.1. The number of guanidine groups is 1. The third kappa shape index (κ3) is 4.19. The normalized spacial score (nSPS) is 29.4. The summed E-state index contributed by atoms with van der Waals surface area (Å²) >= 11 is 0. The third-order valence-corrected chi connectivity index (χ3v) is 3.47. The van der Waals surface area contributed by atoms with E-state index in [-0.39, 0.29) is 5.60 Å². The lowest BCUT2D eigenvalue weighted by atomic mass is 10.0. The van der Waals surface area contributed by atoms with Crippen LogP contribution in [-0.2, 0) is 4.74 Å². The van der Waals surface area contributed by atoms with Crippen molar-refractivity contribution in [3.05, 3.63) is 0 Å². The molecule has 0 aromatic rings. The number of aliphatic imine (C=N–C) groups is 1. The van der Waals surface area contributed by atoms with Crippen LogP contribution in [0.1, 0.15) is 39.5 Å². The van der Waals surface area contributed by atoms with E-state index < -0.39 is 0 Å². The van der Waals surface area contributed by atoms with E-state index in [1.165, 1.54) is 12.8 Å². The Morgan fingerprint density at radius 3 is 2.82 bits per heavy atom. The predicted molar refractivity (Wildman–Crippen MR) is 70.3 cm³/mol. The molecule has 2 fully saturated rings. The van der Waals surface area contributed by atoms with Crippen molar-refractivity contribution in [2.45, 2.75) is 45.1 Å². The van der Waals surface area contributed by atoms with E-state index in [1.807, 2.05) is 0 Å². The second-order valence-corrected chi connectivity index (χ2v) is 5.42. The highest BCUT2D eigenvalue weighted by Crippen LogP contribution is 2.27. The molecule has 0 aromatic carbocycles. The van der Waals surface area contributed by atoms with Crippen molar-refractivity contribution in [1.82, 2.24) is 10.6 Å². The van der Waals surface area contributed by atoms with E-state index in [0.29, 0.717) is 0 Å². The van der Waals surface area contributed by atoms with Crippen molar-refractivity contribution in [1.29, 1.82) is 0 Å². The Hall–Kier alpha value is -0.770. The van der Waals surface area contributed by atoms with Crippen molar-refractivity contribution < 1.29 is 4.74 Å². The maximum atomic E-state index is 5.74. The molecule has 1 heterocycles. The Balaban J connectivity index is 1.79. The van der Waals surface area contributed by atoms with Crippen molar-refractivity contribution in [2.75, 3.05) is 26.2 Å². The van der Waals surface area contributed by atoms with E-state index >= 15 is 0 Å². The first-order valence-electron chi connectivity index (χ1n) is 6.88. The maximum absolute atomic E-state index is 5.74. The highest BCUT2D eigenvalue weighted by molar-refractivity contribution is 5.79. The number of hydrogen-bond donors (Lipinski definition) is 2. The smallest absolute Gasteiger partial charge is 0.191 e. The largest absolute Gasteiger partial charge is 0.373 e. The average Bonchev–Trinajstić information content (AvgIpc) is 3.05. The Kier molecular flexibility index (Phi) is 4.26. The number of nitrogens with zero attached hydrogens (tertiary/aromatic N) is 1. The molecule has 1 aliphatic heterocycles. The van der Waals surface area contributed by atoms with Crippen molar-refractivity contribution in [3.8, 4) is 0 Å². The Morgan fingerprint density at radius 1 is 1.41 bits per heavy atom. The Morgan fingerprint density at radius 2 is 2.24 bits per heavy atom. The van der Waals surface area contributed by atoms with Gasteiger partial charge in [0, 0.05) is 19.7 Å². The zero-order valence-electron chi connectivity index (χ0n) is 11.1. The summed E-state index contributed by atoms with van der Waals surface area (Å²) in [5.41, 5.74) is -0.0397. The number of ether oxygens (including phenoxy) is 1. The van der Waals surface area contributed by atoms with Crippen molar-refractivity contribution in [2.24, 2.45) is 10.9 Å². The molecule has 1 aliphatic carbocycles. The topological polar surface area (TPSA) is 45.7 Å². The van der Waals surface area contributed by atoms with Gasteiger partial charge in [0.15, 0.2) is 5.96 Å². The van der Waals surface area contributed by atoms with Crippen LogP contribution in [0.15, 0.2) is 4.99 Å². The highest BCUT2D eigenvalue weighted by atomic mass is 16.5. The summed E-state index contributed by atoms with van der Waals surface area (Å²) in [5, 5.41) is 6.70. The van der Waals surface area contributed by atoms with Crippen LogP contribution >= 0.6 is 0 Å². The molecule has 0 aromatic heterocycles. The summed E-state index contributed by atoms with van der Waals surface area (Å²) in [6.07, 6.45) is 5.02.